The summed E-state index contributed by atoms with van der Waals surface area (Å²) in [4.78, 5) is 81.9. The summed E-state index contributed by atoms with van der Waals surface area (Å²) in [6, 6.07) is 12.2. The van der Waals surface area contributed by atoms with E-state index in [2.05, 4.69) is 21.3 Å². The molecular weight excluding hydrogens is 580 g/mol. The molecule has 4 aliphatic rings. The van der Waals surface area contributed by atoms with Gasteiger partial charge in [0.15, 0.2) is 6.61 Å². The number of carbonyl (C=O) groups excluding carboxylic acids is 6. The zero-order valence-electron chi connectivity index (χ0n) is 25.1. The van der Waals surface area contributed by atoms with Gasteiger partial charge in [-0.25, -0.2) is 0 Å². The highest BCUT2D eigenvalue weighted by Gasteiger charge is 2.39. The molecule has 4 atom stereocenters. The van der Waals surface area contributed by atoms with Gasteiger partial charge in [-0.05, 0) is 43.0 Å². The van der Waals surface area contributed by atoms with Crippen molar-refractivity contribution in [2.75, 3.05) is 32.8 Å². The van der Waals surface area contributed by atoms with Crippen molar-refractivity contribution in [1.82, 2.24) is 31.1 Å². The number of benzene rings is 2. The number of rotatable bonds is 3. The van der Waals surface area contributed by atoms with Crippen LogP contribution in [0.4, 0.5) is 0 Å². The average Bonchev–Trinajstić information content (AvgIpc) is 3.53. The lowest BCUT2D eigenvalue weighted by atomic mass is 10.0. The molecule has 0 radical (unpaired) electrons. The second-order valence-corrected chi connectivity index (χ2v) is 11.5. The molecule has 6 rings (SSSR count). The smallest absolute Gasteiger partial charge is 0.258 e. The van der Waals surface area contributed by atoms with E-state index in [0.717, 1.165) is 5.56 Å². The van der Waals surface area contributed by atoms with Gasteiger partial charge in [0.2, 0.25) is 29.5 Å². The molecule has 0 saturated carbocycles. The predicted octanol–water partition coefficient (Wildman–Crippen LogP) is -0.712. The maximum absolute atomic E-state index is 13.8. The Balaban J connectivity index is 1.40. The SMILES string of the molecule is C[C@@H]1NC(=O)[C@H]2CCCN2C(=O)[C@@H](Cc2ccccc2)NC(=O)COc2ccc(cc2)C[C@@H](C(=O)N2CCNC(=O)C2)NC1=O. The Morgan fingerprint density at radius 1 is 0.889 bits per heavy atom. The molecule has 2 saturated heterocycles. The third kappa shape index (κ3) is 7.97. The maximum atomic E-state index is 13.8. The monoisotopic (exact) mass is 618 g/mol. The quantitative estimate of drug-likeness (QED) is 0.353. The van der Waals surface area contributed by atoms with Crippen LogP contribution >= 0.6 is 0 Å². The van der Waals surface area contributed by atoms with Gasteiger partial charge >= 0.3 is 0 Å². The zero-order valence-corrected chi connectivity index (χ0v) is 25.1. The Hall–Kier alpha value is -4.94. The van der Waals surface area contributed by atoms with Crippen LogP contribution in [0.1, 0.15) is 30.9 Å². The van der Waals surface area contributed by atoms with Gasteiger partial charge in [-0.15, -0.1) is 0 Å². The fourth-order valence-electron chi connectivity index (χ4n) is 5.81. The number of piperazine rings is 1. The number of hydrogen-bond donors (Lipinski definition) is 4. The average molecular weight is 619 g/mol. The van der Waals surface area contributed by atoms with E-state index >= 15 is 0 Å². The molecule has 238 valence electrons. The molecule has 2 aromatic carbocycles. The number of amides is 6. The molecule has 4 N–H and O–H groups in total. The molecule has 0 aliphatic carbocycles. The van der Waals surface area contributed by atoms with E-state index in [-0.39, 0.29) is 31.9 Å². The van der Waals surface area contributed by atoms with Crippen LogP contribution in [0.3, 0.4) is 0 Å². The molecule has 13 nitrogen and oxygen atoms in total. The van der Waals surface area contributed by atoms with Gasteiger partial charge in [-0.1, -0.05) is 42.5 Å². The van der Waals surface area contributed by atoms with Gasteiger partial charge in [0.25, 0.3) is 5.91 Å². The molecule has 6 amide bonds. The van der Waals surface area contributed by atoms with E-state index in [1.807, 2.05) is 30.3 Å². The van der Waals surface area contributed by atoms with Crippen LogP contribution in [-0.2, 0) is 41.6 Å². The molecule has 2 bridgehead atoms. The van der Waals surface area contributed by atoms with Crippen molar-refractivity contribution in [3.63, 3.8) is 0 Å². The first-order valence-corrected chi connectivity index (χ1v) is 15.2. The van der Waals surface area contributed by atoms with Crippen LogP contribution in [-0.4, -0.2) is 102 Å². The van der Waals surface area contributed by atoms with Crippen molar-refractivity contribution in [3.8, 4) is 5.75 Å². The van der Waals surface area contributed by atoms with Crippen LogP contribution in [0.25, 0.3) is 0 Å². The first-order valence-electron chi connectivity index (χ1n) is 15.2. The minimum atomic E-state index is -1.02. The van der Waals surface area contributed by atoms with Crippen molar-refractivity contribution >= 4 is 35.4 Å². The van der Waals surface area contributed by atoms with Crippen molar-refractivity contribution in [2.45, 2.75) is 56.8 Å². The fourth-order valence-corrected chi connectivity index (χ4v) is 5.81. The van der Waals surface area contributed by atoms with Gasteiger partial charge in [0.1, 0.15) is 29.9 Å². The van der Waals surface area contributed by atoms with E-state index in [0.29, 0.717) is 43.8 Å². The number of nitrogens with zero attached hydrogens (tertiary/aromatic N) is 2. The normalized spacial score (nSPS) is 25.0. The Morgan fingerprint density at radius 2 is 1.64 bits per heavy atom. The van der Waals surface area contributed by atoms with E-state index < -0.39 is 53.7 Å². The van der Waals surface area contributed by atoms with E-state index in [9.17, 15) is 28.8 Å². The van der Waals surface area contributed by atoms with E-state index in [1.54, 1.807) is 24.3 Å². The van der Waals surface area contributed by atoms with Gasteiger partial charge in [0.05, 0.1) is 6.54 Å². The summed E-state index contributed by atoms with van der Waals surface area (Å²) in [6.07, 6.45) is 1.32. The summed E-state index contributed by atoms with van der Waals surface area (Å²) in [5, 5.41) is 10.9. The maximum Gasteiger partial charge on any atom is 0.258 e. The third-order valence-corrected chi connectivity index (χ3v) is 8.20. The molecule has 4 aliphatic heterocycles. The largest absolute Gasteiger partial charge is 0.484 e. The Morgan fingerprint density at radius 3 is 2.38 bits per heavy atom. The lowest BCUT2D eigenvalue weighted by Gasteiger charge is -2.31. The zero-order chi connectivity index (χ0) is 31.9. The van der Waals surface area contributed by atoms with E-state index in [1.165, 1.54) is 16.7 Å². The van der Waals surface area contributed by atoms with Crippen molar-refractivity contribution in [1.29, 1.82) is 0 Å². The van der Waals surface area contributed by atoms with Crippen LogP contribution in [0.15, 0.2) is 54.6 Å². The van der Waals surface area contributed by atoms with Crippen LogP contribution in [0, 0.1) is 0 Å². The molecule has 2 fully saturated rings. The highest BCUT2D eigenvalue weighted by atomic mass is 16.5. The molecule has 2 aromatic rings. The van der Waals surface area contributed by atoms with Gasteiger partial charge in [0, 0.05) is 32.5 Å². The van der Waals surface area contributed by atoms with Crippen LogP contribution in [0.2, 0.25) is 0 Å². The summed E-state index contributed by atoms with van der Waals surface area (Å²) in [6.45, 7) is 1.98. The van der Waals surface area contributed by atoms with Crippen LogP contribution < -0.4 is 26.0 Å². The molecule has 0 unspecified atom stereocenters. The summed E-state index contributed by atoms with van der Waals surface area (Å²) in [7, 11) is 0. The van der Waals surface area contributed by atoms with Gasteiger partial charge in [-0.3, -0.25) is 28.8 Å². The highest BCUT2D eigenvalue weighted by molar-refractivity contribution is 5.96. The molecule has 0 spiro atoms. The van der Waals surface area contributed by atoms with Gasteiger partial charge < -0.3 is 35.8 Å². The molecule has 0 aromatic heterocycles. The lowest BCUT2D eigenvalue weighted by molar-refractivity contribution is -0.143. The summed E-state index contributed by atoms with van der Waals surface area (Å²) >= 11 is 0. The van der Waals surface area contributed by atoms with Crippen molar-refractivity contribution < 1.29 is 33.5 Å². The van der Waals surface area contributed by atoms with E-state index in [4.69, 9.17) is 4.74 Å². The summed E-state index contributed by atoms with van der Waals surface area (Å²) < 4.78 is 5.70. The first-order chi connectivity index (χ1) is 21.7. The molecule has 45 heavy (non-hydrogen) atoms. The number of nitrogens with one attached hydrogen (secondary N) is 4. The highest BCUT2D eigenvalue weighted by Crippen LogP contribution is 2.21. The predicted molar refractivity (Wildman–Crippen MR) is 162 cm³/mol. The number of carbonyl (C=O) groups is 6. The third-order valence-electron chi connectivity index (χ3n) is 8.20. The lowest BCUT2D eigenvalue weighted by Crippen LogP contribution is -2.59. The summed E-state index contributed by atoms with van der Waals surface area (Å²) in [5.41, 5.74) is 1.54. The Bertz CT molecular complexity index is 1430. The van der Waals surface area contributed by atoms with Crippen molar-refractivity contribution in [3.05, 3.63) is 65.7 Å². The number of hydrogen-bond acceptors (Lipinski definition) is 7. The fraction of sp³-hybridized carbons (Fsp3) is 0.438. The second kappa shape index (κ2) is 14.2. The van der Waals surface area contributed by atoms with Crippen molar-refractivity contribution in [2.24, 2.45) is 0 Å². The Labute approximate surface area is 261 Å². The second-order valence-electron chi connectivity index (χ2n) is 11.5. The number of ether oxygens (including phenoxy) is 1. The standard InChI is InChI=1S/C32H38N6O7/c1-20-29(41)36-24(31(43)37-15-13-33-27(39)18-37)17-22-9-11-23(12-10-22)45-19-28(40)35-25(16-21-6-3-2-4-7-21)32(44)38-14-5-8-26(38)30(42)34-20/h2-4,6-7,9-12,20,24-26H,5,8,13-19H2,1H3,(H,33,39)(H,34,42)(H,35,40)(H,36,41)/t20-,24-,25+,26+/m0/s1. The summed E-state index contributed by atoms with van der Waals surface area (Å²) in [5.74, 6) is -2.28. The van der Waals surface area contributed by atoms with Gasteiger partial charge in [-0.2, -0.15) is 0 Å². The molecule has 4 heterocycles. The topological polar surface area (TPSA) is 166 Å². The molecular formula is C32H38N6O7. The minimum Gasteiger partial charge on any atom is -0.484 e. The number of fused-ring (bicyclic) bond motifs is 13. The van der Waals surface area contributed by atoms with Crippen LogP contribution in [0.5, 0.6) is 5.75 Å². The minimum absolute atomic E-state index is 0.121. The Kier molecular flexibility index (Phi) is 9.95. The molecule has 13 heteroatoms. The first kappa shape index (κ1) is 31.5.